The van der Waals surface area contributed by atoms with Crippen LogP contribution < -0.4 is 5.32 Å². The summed E-state index contributed by atoms with van der Waals surface area (Å²) in [5.41, 5.74) is 1.33. The minimum Gasteiger partial charge on any atom is -0.481 e. The van der Waals surface area contributed by atoms with E-state index >= 15 is 0 Å². The number of aliphatic hydroxyl groups excluding tert-OH is 2. The maximum absolute atomic E-state index is 12.2. The first-order chi connectivity index (χ1) is 28.8. The number of fused-ring (bicyclic) bond motifs is 5. The predicted molar refractivity (Wildman–Crippen MR) is 220 cm³/mol. The van der Waals surface area contributed by atoms with Crippen molar-refractivity contribution in [3.05, 3.63) is 36.0 Å². The maximum Gasteiger partial charge on any atom is 0.303 e. The van der Waals surface area contributed by atoms with Crippen molar-refractivity contribution < 1.29 is 63.1 Å². The highest BCUT2D eigenvalue weighted by molar-refractivity contribution is 5.66. The molecular weight excluding hydrogens is 787 g/mol. The average Bonchev–Trinajstić information content (AvgIpc) is 3.86. The second-order valence-electron chi connectivity index (χ2n) is 21.1. The predicted octanol–water partition coefficient (Wildman–Crippen LogP) is 5.37. The number of allylic oxidation sites excluding steroid dienone is 1. The topological polar surface area (TPSA) is 184 Å². The van der Waals surface area contributed by atoms with Gasteiger partial charge in [0.25, 0.3) is 0 Å². The molecule has 0 saturated carbocycles. The van der Waals surface area contributed by atoms with Crippen LogP contribution in [0, 0.1) is 29.6 Å². The van der Waals surface area contributed by atoms with Crippen molar-refractivity contribution in [2.24, 2.45) is 29.6 Å². The Morgan fingerprint density at radius 2 is 1.70 bits per heavy atom. The van der Waals surface area contributed by atoms with Crippen LogP contribution in [0.4, 0.5) is 0 Å². The Hall–Kier alpha value is -1.79. The van der Waals surface area contributed by atoms with Gasteiger partial charge in [-0.05, 0) is 55.9 Å². The van der Waals surface area contributed by atoms with Gasteiger partial charge in [-0.2, -0.15) is 0 Å². The molecule has 9 aliphatic rings. The summed E-state index contributed by atoms with van der Waals surface area (Å²) >= 11 is 0. The molecule has 9 rings (SSSR count). The van der Waals surface area contributed by atoms with Crippen LogP contribution in [0.3, 0.4) is 0 Å². The van der Waals surface area contributed by atoms with Gasteiger partial charge >= 0.3 is 5.97 Å². The number of hydrogen-bond donors (Lipinski definition) is 5. The molecule has 0 aliphatic carbocycles. The van der Waals surface area contributed by atoms with E-state index in [-0.39, 0.29) is 49.3 Å². The Morgan fingerprint density at radius 3 is 2.48 bits per heavy atom. The number of aliphatic hydroxyl groups is 3. The van der Waals surface area contributed by atoms with Gasteiger partial charge in [-0.3, -0.25) is 10.1 Å². The highest BCUT2D eigenvalue weighted by Crippen LogP contribution is 2.56. The standard InChI is InChI=1S/C47H71NO13/c1-25-15-32(10-8-9-11-39(50)51)55-43(19-25)12-13-47(61-43)30(6)17-34-35(58-47)18-37(54-34)42(52)46(53)22-33(49)31(7)40(60-46)28(4)21-44-20-26(2)16-36(56-44)41-38(57-44)23-45(59-41)29(5)14-27(3)24-48-45/h8,10,15,26-27,29-38,40-42,48-49,52-53H,4,9,11-14,16-24H2,1-3,5-7H3,(H,50,51). The molecule has 9 heterocycles. The largest absolute Gasteiger partial charge is 0.481 e. The number of carbonyl (C=O) groups is 1. The van der Waals surface area contributed by atoms with E-state index in [0.717, 1.165) is 31.4 Å². The Morgan fingerprint density at radius 1 is 0.918 bits per heavy atom. The fourth-order valence-corrected chi connectivity index (χ4v) is 12.8. The van der Waals surface area contributed by atoms with Crippen LogP contribution in [-0.2, 0) is 42.7 Å². The summed E-state index contributed by atoms with van der Waals surface area (Å²) in [7, 11) is 0. The molecule has 3 spiro atoms. The molecule has 0 aromatic carbocycles. The smallest absolute Gasteiger partial charge is 0.303 e. The van der Waals surface area contributed by atoms with Crippen molar-refractivity contribution >= 4 is 5.97 Å². The maximum atomic E-state index is 12.2. The molecule has 2 bridgehead atoms. The summed E-state index contributed by atoms with van der Waals surface area (Å²) in [6.45, 7) is 18.2. The second kappa shape index (κ2) is 16.3. The molecule has 20 unspecified atom stereocenters. The van der Waals surface area contributed by atoms with Crippen LogP contribution in [0.1, 0.15) is 125 Å². The Balaban J connectivity index is 0.849. The van der Waals surface area contributed by atoms with Crippen LogP contribution >= 0.6 is 0 Å². The molecule has 14 nitrogen and oxygen atoms in total. The molecule has 0 aromatic heterocycles. The monoisotopic (exact) mass is 857 g/mol. The third-order valence-corrected chi connectivity index (χ3v) is 15.9. The fourth-order valence-electron chi connectivity index (χ4n) is 12.8. The van der Waals surface area contributed by atoms with Gasteiger partial charge in [0.15, 0.2) is 23.1 Å². The molecule has 0 radical (unpaired) electrons. The molecular formula is C47H71NO13. The van der Waals surface area contributed by atoms with Crippen molar-refractivity contribution in [1.29, 1.82) is 0 Å². The van der Waals surface area contributed by atoms with Gasteiger partial charge in [0, 0.05) is 76.2 Å². The molecule has 14 heteroatoms. The Bertz CT molecular complexity index is 1740. The number of aliphatic carboxylic acids is 1. The van der Waals surface area contributed by atoms with Crippen molar-refractivity contribution in [3.63, 3.8) is 0 Å². The van der Waals surface area contributed by atoms with E-state index in [2.05, 4.69) is 46.5 Å². The highest BCUT2D eigenvalue weighted by atomic mass is 16.8. The van der Waals surface area contributed by atoms with E-state index in [1.807, 2.05) is 25.2 Å². The van der Waals surface area contributed by atoms with Gasteiger partial charge < -0.3 is 58.3 Å². The third-order valence-electron chi connectivity index (χ3n) is 15.9. The van der Waals surface area contributed by atoms with Crippen molar-refractivity contribution in [1.82, 2.24) is 5.32 Å². The van der Waals surface area contributed by atoms with E-state index in [4.69, 9.17) is 43.0 Å². The van der Waals surface area contributed by atoms with Crippen molar-refractivity contribution in [2.75, 3.05) is 6.54 Å². The lowest BCUT2D eigenvalue weighted by Crippen LogP contribution is -2.61. The van der Waals surface area contributed by atoms with Gasteiger partial charge in [0.2, 0.25) is 0 Å². The lowest BCUT2D eigenvalue weighted by molar-refractivity contribution is -0.367. The lowest BCUT2D eigenvalue weighted by atomic mass is 9.78. The molecule has 61 heavy (non-hydrogen) atoms. The SMILES string of the molecule is C=C(CC12CC(C)CC(O1)C1OC3(CC1O2)NCC(C)CC3C)C1OC(O)(C(O)C2CC3OC4(CCC5(CC(C)=CC(C=CCCC(=O)O)O5)O4)C(C)CC3O2)CC(O)C1C. The van der Waals surface area contributed by atoms with Crippen LogP contribution in [0.5, 0.6) is 0 Å². The minimum absolute atomic E-state index is 0.0545. The first-order valence-corrected chi connectivity index (χ1v) is 23.3. The number of carboxylic acid groups (broad SMARTS) is 1. The second-order valence-corrected chi connectivity index (χ2v) is 21.1. The lowest BCUT2D eigenvalue weighted by Gasteiger charge is -2.53. The van der Waals surface area contributed by atoms with Gasteiger partial charge in [-0.15, -0.1) is 0 Å². The Kier molecular flexibility index (Phi) is 11.8. The van der Waals surface area contributed by atoms with Gasteiger partial charge in [0.05, 0.1) is 48.8 Å². The molecule has 8 saturated heterocycles. The number of rotatable bonds is 9. The molecule has 342 valence electrons. The van der Waals surface area contributed by atoms with Crippen LogP contribution in [0.15, 0.2) is 36.0 Å². The van der Waals surface area contributed by atoms with Gasteiger partial charge in [-0.1, -0.05) is 65.0 Å². The summed E-state index contributed by atoms with van der Waals surface area (Å²) in [5, 5.41) is 48.4. The van der Waals surface area contributed by atoms with Crippen LogP contribution in [0.25, 0.3) is 0 Å². The van der Waals surface area contributed by atoms with E-state index in [0.29, 0.717) is 74.7 Å². The highest BCUT2D eigenvalue weighted by Gasteiger charge is 2.64. The van der Waals surface area contributed by atoms with E-state index in [1.165, 1.54) is 0 Å². The van der Waals surface area contributed by atoms with Gasteiger partial charge in [-0.25, -0.2) is 0 Å². The molecule has 0 aromatic rings. The van der Waals surface area contributed by atoms with Gasteiger partial charge in [0.1, 0.15) is 17.9 Å². The number of hydrogen-bond acceptors (Lipinski definition) is 13. The van der Waals surface area contributed by atoms with E-state index < -0.39 is 71.3 Å². The first kappa shape index (κ1) is 44.4. The zero-order valence-electron chi connectivity index (χ0n) is 37.0. The molecule has 5 N–H and O–H groups in total. The first-order valence-electron chi connectivity index (χ1n) is 23.3. The van der Waals surface area contributed by atoms with E-state index in [1.54, 1.807) is 0 Å². The zero-order chi connectivity index (χ0) is 43.3. The Labute approximate surface area is 360 Å². The summed E-state index contributed by atoms with van der Waals surface area (Å²) in [4.78, 5) is 11.0. The quantitative estimate of drug-likeness (QED) is 0.187. The molecule has 20 atom stereocenters. The van der Waals surface area contributed by atoms with Crippen molar-refractivity contribution in [2.45, 2.75) is 215 Å². The minimum atomic E-state index is -2.12. The zero-order valence-corrected chi connectivity index (χ0v) is 37.0. The summed E-state index contributed by atoms with van der Waals surface area (Å²) in [6, 6.07) is 0. The summed E-state index contributed by atoms with van der Waals surface area (Å²) in [6.07, 6.45) is 6.93. The number of carboxylic acids is 1. The van der Waals surface area contributed by atoms with Crippen LogP contribution in [0.2, 0.25) is 0 Å². The average molecular weight is 858 g/mol. The van der Waals surface area contributed by atoms with Crippen LogP contribution in [-0.4, -0.2) is 123 Å². The number of piperidine rings is 1. The number of nitrogens with one attached hydrogen (secondary N) is 1. The van der Waals surface area contributed by atoms with E-state index in [9.17, 15) is 20.1 Å². The fraction of sp³-hybridized carbons (Fsp3) is 0.851. The summed E-state index contributed by atoms with van der Waals surface area (Å²) < 4.78 is 53.9. The summed E-state index contributed by atoms with van der Waals surface area (Å²) in [5.74, 6) is -4.94. The normalized spacial score (nSPS) is 52.4. The number of ether oxygens (including phenoxy) is 8. The van der Waals surface area contributed by atoms with Crippen molar-refractivity contribution in [3.8, 4) is 0 Å². The molecule has 0 amide bonds. The molecule has 8 fully saturated rings. The third kappa shape index (κ3) is 8.26. The molecule has 9 aliphatic heterocycles.